The van der Waals surface area contributed by atoms with Crippen LogP contribution in [0.4, 0.5) is 0 Å². The number of Topliss-reactive ketones (excluding diaryl/α,β-unsaturated/α-hetero) is 1. The van der Waals surface area contributed by atoms with E-state index in [0.29, 0.717) is 16.8 Å². The second kappa shape index (κ2) is 6.91. The van der Waals surface area contributed by atoms with Gasteiger partial charge in [0.2, 0.25) is 5.91 Å². The number of carbonyl (C=O) groups excluding carboxylic acids is 3. The van der Waals surface area contributed by atoms with E-state index in [1.54, 1.807) is 42.1 Å². The maximum atomic E-state index is 12.5. The number of nitrogens with zero attached hydrogens (tertiary/aromatic N) is 1. The first-order valence-corrected chi connectivity index (χ1v) is 7.18. The van der Waals surface area contributed by atoms with Crippen molar-refractivity contribution in [2.45, 2.75) is 13.0 Å². The van der Waals surface area contributed by atoms with Crippen molar-refractivity contribution in [3.8, 4) is 0 Å². The molecule has 1 aromatic carbocycles. The summed E-state index contributed by atoms with van der Waals surface area (Å²) in [7, 11) is 3.19. The molecule has 0 bridgehead atoms. The zero-order valence-electron chi connectivity index (χ0n) is 13.3. The van der Waals surface area contributed by atoms with E-state index < -0.39 is 11.9 Å². The van der Waals surface area contributed by atoms with Gasteiger partial charge in [0.1, 0.15) is 11.7 Å². The number of aromatic nitrogens is 1. The molecule has 6 nitrogen and oxygen atoms in total. The average Bonchev–Trinajstić information content (AvgIpc) is 2.95. The van der Waals surface area contributed by atoms with E-state index in [1.807, 2.05) is 6.07 Å². The molecule has 0 saturated heterocycles. The Morgan fingerprint density at radius 3 is 2.30 bits per heavy atom. The summed E-state index contributed by atoms with van der Waals surface area (Å²) in [5.74, 6) is -0.853. The van der Waals surface area contributed by atoms with Gasteiger partial charge in [-0.3, -0.25) is 14.4 Å². The summed E-state index contributed by atoms with van der Waals surface area (Å²) in [6.07, 6.45) is 1.59. The lowest BCUT2D eigenvalue weighted by atomic mass is 10.1. The van der Waals surface area contributed by atoms with E-state index >= 15 is 0 Å². The highest BCUT2D eigenvalue weighted by Gasteiger charge is 2.23. The molecule has 0 radical (unpaired) electrons. The van der Waals surface area contributed by atoms with Gasteiger partial charge in [0.25, 0.3) is 5.91 Å². The van der Waals surface area contributed by atoms with Gasteiger partial charge in [0.15, 0.2) is 5.78 Å². The average molecular weight is 313 g/mol. The number of rotatable bonds is 5. The summed E-state index contributed by atoms with van der Waals surface area (Å²) in [5.41, 5.74) is 1.45. The van der Waals surface area contributed by atoms with E-state index in [2.05, 4.69) is 10.6 Å². The number of likely N-dealkylation sites (N-methyl/N-ethyl adjacent to an activating group) is 1. The molecule has 2 rings (SSSR count). The van der Waals surface area contributed by atoms with Crippen molar-refractivity contribution < 1.29 is 14.4 Å². The number of ketones is 1. The van der Waals surface area contributed by atoms with Crippen molar-refractivity contribution >= 4 is 17.6 Å². The molecule has 0 aliphatic carbocycles. The Bertz CT molecular complexity index is 735. The van der Waals surface area contributed by atoms with E-state index in [9.17, 15) is 14.4 Å². The van der Waals surface area contributed by atoms with Crippen LogP contribution in [0.15, 0.2) is 42.6 Å². The molecule has 0 fully saturated rings. The summed E-state index contributed by atoms with van der Waals surface area (Å²) in [6, 6.07) is 9.69. The van der Waals surface area contributed by atoms with E-state index in [1.165, 1.54) is 20.0 Å². The summed E-state index contributed by atoms with van der Waals surface area (Å²) < 4.78 is 1.57. The minimum Gasteiger partial charge on any atom is -0.357 e. The van der Waals surface area contributed by atoms with Crippen molar-refractivity contribution in [2.24, 2.45) is 7.05 Å². The predicted octanol–water partition coefficient (Wildman–Crippen LogP) is 1.44. The molecule has 0 aliphatic rings. The first-order chi connectivity index (χ1) is 10.9. The first-order valence-electron chi connectivity index (χ1n) is 7.18. The van der Waals surface area contributed by atoms with Gasteiger partial charge in [-0.2, -0.15) is 0 Å². The van der Waals surface area contributed by atoms with Crippen LogP contribution in [-0.2, 0) is 11.8 Å². The zero-order valence-corrected chi connectivity index (χ0v) is 13.3. The van der Waals surface area contributed by atoms with Crippen LogP contribution >= 0.6 is 0 Å². The zero-order chi connectivity index (χ0) is 17.0. The van der Waals surface area contributed by atoms with Crippen LogP contribution in [0.1, 0.15) is 39.4 Å². The fraction of sp³-hybridized carbons (Fsp3) is 0.235. The standard InChI is InChI=1S/C17H19N3O3/c1-11(21)13-9-14(20(3)10-13)16(22)19-15(17(23)18-2)12-7-5-4-6-8-12/h4-10,15H,1-3H3,(H,18,23)(H,19,22). The molecular weight excluding hydrogens is 294 g/mol. The summed E-state index contributed by atoms with van der Waals surface area (Å²) in [5, 5.41) is 5.25. The second-order valence-corrected chi connectivity index (χ2v) is 5.21. The van der Waals surface area contributed by atoms with Crippen molar-refractivity contribution in [3.63, 3.8) is 0 Å². The van der Waals surface area contributed by atoms with Gasteiger partial charge in [-0.25, -0.2) is 0 Å². The van der Waals surface area contributed by atoms with Crippen molar-refractivity contribution in [2.75, 3.05) is 7.05 Å². The van der Waals surface area contributed by atoms with Crippen molar-refractivity contribution in [3.05, 3.63) is 59.4 Å². The minimum atomic E-state index is -0.802. The fourth-order valence-electron chi connectivity index (χ4n) is 2.28. The quantitative estimate of drug-likeness (QED) is 0.820. The van der Waals surface area contributed by atoms with Crippen molar-refractivity contribution in [1.82, 2.24) is 15.2 Å². The molecule has 1 unspecified atom stereocenters. The molecule has 1 atom stereocenters. The van der Waals surface area contributed by atoms with Crippen molar-refractivity contribution in [1.29, 1.82) is 0 Å². The third-order valence-electron chi connectivity index (χ3n) is 3.56. The van der Waals surface area contributed by atoms with Gasteiger partial charge in [0, 0.05) is 25.9 Å². The van der Waals surface area contributed by atoms with Gasteiger partial charge in [-0.05, 0) is 18.6 Å². The normalized spacial score (nSPS) is 11.6. The number of carbonyl (C=O) groups is 3. The molecule has 2 aromatic rings. The summed E-state index contributed by atoms with van der Waals surface area (Å²) in [4.78, 5) is 36.0. The predicted molar refractivity (Wildman–Crippen MR) is 86.1 cm³/mol. The maximum absolute atomic E-state index is 12.5. The fourth-order valence-corrected chi connectivity index (χ4v) is 2.28. The molecule has 6 heteroatoms. The molecule has 0 aliphatic heterocycles. The Morgan fingerprint density at radius 1 is 1.13 bits per heavy atom. The topological polar surface area (TPSA) is 80.2 Å². The SMILES string of the molecule is CNC(=O)C(NC(=O)c1cc(C(C)=O)cn1C)c1ccccc1. The Hall–Kier alpha value is -2.89. The van der Waals surface area contributed by atoms with Crippen LogP contribution in [0.25, 0.3) is 0 Å². The Kier molecular flexibility index (Phi) is 4.95. The van der Waals surface area contributed by atoms with Crippen LogP contribution in [-0.4, -0.2) is 29.2 Å². The molecule has 2 N–H and O–H groups in total. The highest BCUT2D eigenvalue weighted by atomic mass is 16.2. The van der Waals surface area contributed by atoms with Crippen LogP contribution in [0.2, 0.25) is 0 Å². The third kappa shape index (κ3) is 3.66. The molecule has 23 heavy (non-hydrogen) atoms. The number of hydrogen-bond acceptors (Lipinski definition) is 3. The van der Waals surface area contributed by atoms with Crippen LogP contribution in [0.3, 0.4) is 0 Å². The molecule has 2 amide bonds. The number of benzene rings is 1. The van der Waals surface area contributed by atoms with E-state index in [0.717, 1.165) is 0 Å². The molecule has 1 aromatic heterocycles. The molecule has 0 saturated carbocycles. The van der Waals surface area contributed by atoms with Gasteiger partial charge >= 0.3 is 0 Å². The third-order valence-corrected chi connectivity index (χ3v) is 3.56. The van der Waals surface area contributed by atoms with Gasteiger partial charge < -0.3 is 15.2 Å². The number of hydrogen-bond donors (Lipinski definition) is 2. The van der Waals surface area contributed by atoms with Crippen LogP contribution in [0.5, 0.6) is 0 Å². The molecule has 1 heterocycles. The summed E-state index contributed by atoms with van der Waals surface area (Å²) in [6.45, 7) is 1.44. The molecule has 0 spiro atoms. The van der Waals surface area contributed by atoms with E-state index in [-0.39, 0.29) is 11.7 Å². The number of amides is 2. The van der Waals surface area contributed by atoms with E-state index in [4.69, 9.17) is 0 Å². The lowest BCUT2D eigenvalue weighted by molar-refractivity contribution is -0.122. The molecular formula is C17H19N3O3. The lowest BCUT2D eigenvalue weighted by Crippen LogP contribution is -2.39. The van der Waals surface area contributed by atoms with Crippen LogP contribution < -0.4 is 10.6 Å². The Labute approximate surface area is 134 Å². The monoisotopic (exact) mass is 313 g/mol. The minimum absolute atomic E-state index is 0.120. The van der Waals surface area contributed by atoms with Gasteiger partial charge in [-0.15, -0.1) is 0 Å². The number of nitrogens with one attached hydrogen (secondary N) is 2. The van der Waals surface area contributed by atoms with Gasteiger partial charge in [-0.1, -0.05) is 30.3 Å². The lowest BCUT2D eigenvalue weighted by Gasteiger charge is -2.17. The molecule has 120 valence electrons. The second-order valence-electron chi connectivity index (χ2n) is 5.21. The number of aryl methyl sites for hydroxylation is 1. The maximum Gasteiger partial charge on any atom is 0.268 e. The highest BCUT2D eigenvalue weighted by molar-refractivity contribution is 6.00. The van der Waals surface area contributed by atoms with Gasteiger partial charge in [0.05, 0.1) is 0 Å². The smallest absolute Gasteiger partial charge is 0.268 e. The van der Waals surface area contributed by atoms with Crippen LogP contribution in [0, 0.1) is 0 Å². The highest BCUT2D eigenvalue weighted by Crippen LogP contribution is 2.15. The Balaban J connectivity index is 2.28. The summed E-state index contributed by atoms with van der Waals surface area (Å²) >= 11 is 0. The Morgan fingerprint density at radius 2 is 1.78 bits per heavy atom. The largest absolute Gasteiger partial charge is 0.357 e. The first kappa shape index (κ1) is 16.5.